The van der Waals surface area contributed by atoms with Gasteiger partial charge in [0.1, 0.15) is 0 Å². The van der Waals surface area contributed by atoms with Gasteiger partial charge in [-0.05, 0) is 0 Å². The molecule has 0 aliphatic carbocycles. The van der Waals surface area contributed by atoms with Crippen LogP contribution in [0.15, 0.2) is 0 Å². The fraction of sp³-hybridized carbons (Fsp3) is 1.00. The molecule has 1 aliphatic heterocycles. The largest absolute Gasteiger partial charge is 0.237 e. The second-order valence-corrected chi connectivity index (χ2v) is 1.30. The Bertz CT molecular complexity index is 34.6. The highest BCUT2D eigenvalue weighted by atomic mass is 35.5. The van der Waals surface area contributed by atoms with Crippen molar-refractivity contribution < 1.29 is 0 Å². The van der Waals surface area contributed by atoms with Crippen LogP contribution in [-0.2, 0) is 0 Å². The summed E-state index contributed by atoms with van der Waals surface area (Å²) in [6.07, 6.45) is 0.400. The first-order valence-corrected chi connectivity index (χ1v) is 2.04. The lowest BCUT2D eigenvalue weighted by molar-refractivity contribution is 1.09. The fourth-order valence-electron chi connectivity index (χ4n) is 0.136. The van der Waals surface area contributed by atoms with Crippen LogP contribution in [0.2, 0.25) is 0 Å². The molecule has 0 atom stereocenters. The van der Waals surface area contributed by atoms with Crippen LogP contribution in [0.3, 0.4) is 0 Å². The van der Waals surface area contributed by atoms with E-state index < -0.39 is 0 Å². The molecule has 1 aliphatic rings. The molecule has 2 N–H and O–H groups in total. The third-order valence-electron chi connectivity index (χ3n) is 0.503. The predicted molar refractivity (Wildman–Crippen MR) is 20.8 cm³/mol. The van der Waals surface area contributed by atoms with Gasteiger partial charge in [-0.1, -0.05) is 0 Å². The first kappa shape index (κ1) is 3.40. The maximum absolute atomic E-state index is 5.27. The van der Waals surface area contributed by atoms with Gasteiger partial charge in [-0.15, -0.1) is 11.6 Å². The Balaban J connectivity index is 2.00. The SMILES string of the molecule is ClCC1NN1. The molecule has 0 amide bonds. The second kappa shape index (κ2) is 1.12. The Kier molecular flexibility index (Phi) is 0.765. The van der Waals surface area contributed by atoms with Crippen molar-refractivity contribution in [1.82, 2.24) is 10.9 Å². The minimum absolute atomic E-state index is 0.400. The van der Waals surface area contributed by atoms with Crippen molar-refractivity contribution >= 4 is 11.6 Å². The van der Waals surface area contributed by atoms with Crippen LogP contribution in [-0.4, -0.2) is 12.0 Å². The molecule has 30 valence electrons. The molecular weight excluding hydrogens is 87.5 g/mol. The van der Waals surface area contributed by atoms with Crippen LogP contribution in [0.25, 0.3) is 0 Å². The van der Waals surface area contributed by atoms with Crippen molar-refractivity contribution in [2.45, 2.75) is 6.17 Å². The standard InChI is InChI=1S/C2H5ClN2/c3-1-2-4-5-2/h2,4-5H,1H2. The van der Waals surface area contributed by atoms with Crippen molar-refractivity contribution in [2.75, 3.05) is 5.88 Å². The van der Waals surface area contributed by atoms with Gasteiger partial charge >= 0.3 is 0 Å². The van der Waals surface area contributed by atoms with Crippen LogP contribution < -0.4 is 10.9 Å². The summed E-state index contributed by atoms with van der Waals surface area (Å²) in [4.78, 5) is 0. The number of hydrogen-bond donors (Lipinski definition) is 2. The normalized spacial score (nSPS) is 23.4. The van der Waals surface area contributed by atoms with Crippen LogP contribution in [0.4, 0.5) is 0 Å². The van der Waals surface area contributed by atoms with E-state index in [0.29, 0.717) is 12.0 Å². The Morgan fingerprint density at radius 3 is 2.20 bits per heavy atom. The molecule has 2 nitrogen and oxygen atoms in total. The lowest BCUT2D eigenvalue weighted by Crippen LogP contribution is -1.89. The van der Waals surface area contributed by atoms with Crippen LogP contribution >= 0.6 is 11.6 Å². The number of hydrogen-bond acceptors (Lipinski definition) is 2. The first-order chi connectivity index (χ1) is 2.43. The Morgan fingerprint density at radius 1 is 1.60 bits per heavy atom. The monoisotopic (exact) mass is 92.0 g/mol. The average Bonchev–Trinajstić information content (AvgIpc) is 2.12. The predicted octanol–water partition coefficient (Wildman–Crippen LogP) is -0.341. The zero-order chi connectivity index (χ0) is 3.70. The molecular formula is C2H5ClN2. The molecule has 1 fully saturated rings. The highest BCUT2D eigenvalue weighted by Crippen LogP contribution is 1.87. The Morgan fingerprint density at radius 2 is 2.20 bits per heavy atom. The smallest absolute Gasteiger partial charge is 0.0967 e. The number of rotatable bonds is 1. The summed E-state index contributed by atoms with van der Waals surface area (Å²) in [5.74, 6) is 0.667. The van der Waals surface area contributed by atoms with Gasteiger partial charge in [-0.2, -0.15) is 0 Å². The molecule has 1 saturated heterocycles. The zero-order valence-corrected chi connectivity index (χ0v) is 3.42. The lowest BCUT2D eigenvalue weighted by Gasteiger charge is -1.66. The molecule has 0 spiro atoms. The summed E-state index contributed by atoms with van der Waals surface area (Å²) in [6.45, 7) is 0. The molecule has 1 rings (SSSR count). The van der Waals surface area contributed by atoms with Crippen molar-refractivity contribution in [1.29, 1.82) is 0 Å². The first-order valence-electron chi connectivity index (χ1n) is 1.50. The van der Waals surface area contributed by atoms with Crippen molar-refractivity contribution in [2.24, 2.45) is 0 Å². The molecule has 5 heavy (non-hydrogen) atoms. The highest BCUT2D eigenvalue weighted by Gasteiger charge is 2.15. The van der Waals surface area contributed by atoms with Gasteiger partial charge < -0.3 is 0 Å². The van der Waals surface area contributed by atoms with E-state index in [1.807, 2.05) is 0 Å². The van der Waals surface area contributed by atoms with Gasteiger partial charge in [0.2, 0.25) is 0 Å². The van der Waals surface area contributed by atoms with Gasteiger partial charge in [0.15, 0.2) is 0 Å². The van der Waals surface area contributed by atoms with Crippen molar-refractivity contribution in [3.8, 4) is 0 Å². The summed E-state index contributed by atoms with van der Waals surface area (Å²) >= 11 is 5.27. The molecule has 0 aromatic carbocycles. The van der Waals surface area contributed by atoms with Gasteiger partial charge in [0.25, 0.3) is 0 Å². The summed E-state index contributed by atoms with van der Waals surface area (Å²) in [5, 5.41) is 0. The van der Waals surface area contributed by atoms with Gasteiger partial charge in [0.05, 0.1) is 12.0 Å². The molecule has 3 heteroatoms. The number of alkyl halides is 1. The van der Waals surface area contributed by atoms with Gasteiger partial charge in [-0.25, -0.2) is 10.9 Å². The van der Waals surface area contributed by atoms with Crippen LogP contribution in [0.5, 0.6) is 0 Å². The van der Waals surface area contributed by atoms with E-state index in [4.69, 9.17) is 11.6 Å². The van der Waals surface area contributed by atoms with Gasteiger partial charge in [0, 0.05) is 0 Å². The second-order valence-electron chi connectivity index (χ2n) is 0.996. The van der Waals surface area contributed by atoms with E-state index in [1.165, 1.54) is 0 Å². The van der Waals surface area contributed by atoms with Crippen molar-refractivity contribution in [3.05, 3.63) is 0 Å². The van der Waals surface area contributed by atoms with Gasteiger partial charge in [-0.3, -0.25) is 0 Å². The molecule has 0 aromatic heterocycles. The third kappa shape index (κ3) is 0.758. The molecule has 0 radical (unpaired) electrons. The maximum Gasteiger partial charge on any atom is 0.0967 e. The van der Waals surface area contributed by atoms with E-state index in [2.05, 4.69) is 10.9 Å². The fourth-order valence-corrected chi connectivity index (χ4v) is 0.290. The topological polar surface area (TPSA) is 43.9 Å². The molecule has 0 aromatic rings. The van der Waals surface area contributed by atoms with E-state index >= 15 is 0 Å². The molecule has 0 bridgehead atoms. The summed E-state index contributed by atoms with van der Waals surface area (Å²) in [6, 6.07) is 0. The Hall–Kier alpha value is 0.210. The molecule has 0 saturated carbocycles. The van der Waals surface area contributed by atoms with Crippen LogP contribution in [0.1, 0.15) is 0 Å². The zero-order valence-electron chi connectivity index (χ0n) is 2.66. The summed E-state index contributed by atoms with van der Waals surface area (Å²) in [5.41, 5.74) is 5.60. The summed E-state index contributed by atoms with van der Waals surface area (Å²) in [7, 11) is 0. The third-order valence-corrected chi connectivity index (χ3v) is 0.811. The van der Waals surface area contributed by atoms with E-state index in [1.54, 1.807) is 0 Å². The maximum atomic E-state index is 5.27. The van der Waals surface area contributed by atoms with Crippen LogP contribution in [0, 0.1) is 0 Å². The highest BCUT2D eigenvalue weighted by molar-refractivity contribution is 6.18. The Labute approximate surface area is 35.5 Å². The minimum atomic E-state index is 0.400. The quantitative estimate of drug-likeness (QED) is 0.343. The number of nitrogens with one attached hydrogen (secondary N) is 2. The molecule has 0 unspecified atom stereocenters. The number of hydrazine groups is 1. The lowest BCUT2D eigenvalue weighted by atomic mass is 10.7. The van der Waals surface area contributed by atoms with E-state index in [0.717, 1.165) is 0 Å². The molecule has 1 heterocycles. The summed E-state index contributed by atoms with van der Waals surface area (Å²) < 4.78 is 0. The van der Waals surface area contributed by atoms with E-state index in [-0.39, 0.29) is 0 Å². The number of halogens is 1. The minimum Gasteiger partial charge on any atom is -0.237 e. The average molecular weight is 92.5 g/mol. The van der Waals surface area contributed by atoms with Crippen molar-refractivity contribution in [3.63, 3.8) is 0 Å². The van der Waals surface area contributed by atoms with E-state index in [9.17, 15) is 0 Å².